The molecular formula is C20H31NO2. The summed E-state index contributed by atoms with van der Waals surface area (Å²) in [4.78, 5) is 2.50. The van der Waals surface area contributed by atoms with Gasteiger partial charge < -0.3 is 9.84 Å². The number of rotatable bonds is 5. The largest absolute Gasteiger partial charge is 0.491 e. The van der Waals surface area contributed by atoms with Crippen LogP contribution in [0.5, 0.6) is 5.75 Å². The maximum atomic E-state index is 10.4. The number of aliphatic hydroxyl groups excluding tert-OH is 1. The van der Waals surface area contributed by atoms with Crippen molar-refractivity contribution in [1.29, 1.82) is 0 Å². The molecule has 0 aromatic heterocycles. The van der Waals surface area contributed by atoms with E-state index in [1.54, 1.807) is 0 Å². The lowest BCUT2D eigenvalue weighted by Crippen LogP contribution is -2.39. The predicted octanol–water partition coefficient (Wildman–Crippen LogP) is 3.64. The van der Waals surface area contributed by atoms with Crippen LogP contribution in [0.25, 0.3) is 0 Å². The van der Waals surface area contributed by atoms with E-state index in [-0.39, 0.29) is 0 Å². The van der Waals surface area contributed by atoms with Crippen LogP contribution in [-0.4, -0.2) is 41.8 Å². The third kappa shape index (κ3) is 4.07. The molecule has 2 aliphatic rings. The number of β-amino-alcohol motifs (C(OH)–C–C–N with tert-alkyl or cyclic N) is 1. The van der Waals surface area contributed by atoms with Gasteiger partial charge in [0.1, 0.15) is 18.5 Å². The first-order valence-electron chi connectivity index (χ1n) is 8.86. The minimum Gasteiger partial charge on any atom is -0.491 e. The fraction of sp³-hybridized carbons (Fsp3) is 0.700. The van der Waals surface area contributed by atoms with Crippen LogP contribution < -0.4 is 4.74 Å². The highest BCUT2D eigenvalue weighted by Crippen LogP contribution is 2.52. The average molecular weight is 317 g/mol. The van der Waals surface area contributed by atoms with E-state index < -0.39 is 6.10 Å². The van der Waals surface area contributed by atoms with Crippen molar-refractivity contribution in [2.45, 2.75) is 59.1 Å². The summed E-state index contributed by atoms with van der Waals surface area (Å²) in [5.41, 5.74) is 2.07. The van der Waals surface area contributed by atoms with Gasteiger partial charge in [-0.05, 0) is 49.1 Å². The number of fused-ring (bicyclic) bond motifs is 2. The van der Waals surface area contributed by atoms with E-state index in [2.05, 4.69) is 32.6 Å². The number of aryl methyl sites for hydroxylation is 1. The molecule has 3 rings (SSSR count). The second-order valence-electron chi connectivity index (χ2n) is 8.92. The van der Waals surface area contributed by atoms with Crippen LogP contribution in [0.3, 0.4) is 0 Å². The lowest BCUT2D eigenvalue weighted by molar-refractivity contribution is 0.0585. The van der Waals surface area contributed by atoms with Crippen LogP contribution in [0, 0.1) is 17.8 Å². The van der Waals surface area contributed by atoms with Gasteiger partial charge in [-0.3, -0.25) is 4.90 Å². The molecule has 128 valence electrons. The van der Waals surface area contributed by atoms with E-state index in [4.69, 9.17) is 4.74 Å². The van der Waals surface area contributed by atoms with Gasteiger partial charge in [-0.2, -0.15) is 0 Å². The monoisotopic (exact) mass is 317 g/mol. The molecule has 0 unspecified atom stereocenters. The minimum atomic E-state index is -0.428. The number of nitrogens with zero attached hydrogens (tertiary/aromatic N) is 1. The first kappa shape index (κ1) is 16.8. The van der Waals surface area contributed by atoms with Crippen molar-refractivity contribution >= 4 is 0 Å². The molecule has 1 aromatic carbocycles. The van der Waals surface area contributed by atoms with Gasteiger partial charge in [-0.15, -0.1) is 0 Å². The molecule has 0 radical (unpaired) electrons. The summed E-state index contributed by atoms with van der Waals surface area (Å²) < 4.78 is 5.73. The molecule has 23 heavy (non-hydrogen) atoms. The summed E-state index contributed by atoms with van der Waals surface area (Å²) in [6, 6.07) is 8.63. The summed E-state index contributed by atoms with van der Waals surface area (Å²) in [7, 11) is 0. The van der Waals surface area contributed by atoms with E-state index in [1.165, 1.54) is 24.8 Å². The van der Waals surface area contributed by atoms with E-state index in [0.29, 0.717) is 23.5 Å². The average Bonchev–Trinajstić information content (AvgIpc) is 2.67. The maximum Gasteiger partial charge on any atom is 0.119 e. The Balaban J connectivity index is 1.52. The van der Waals surface area contributed by atoms with Crippen molar-refractivity contribution in [3.8, 4) is 5.75 Å². The molecule has 1 N–H and O–H groups in total. The fourth-order valence-corrected chi connectivity index (χ4v) is 4.94. The third-order valence-electron chi connectivity index (χ3n) is 5.43. The van der Waals surface area contributed by atoms with Crippen LogP contribution in [0.15, 0.2) is 24.3 Å². The maximum absolute atomic E-state index is 10.4. The van der Waals surface area contributed by atoms with Gasteiger partial charge in [0.25, 0.3) is 0 Å². The Hall–Kier alpha value is -1.06. The topological polar surface area (TPSA) is 32.7 Å². The van der Waals surface area contributed by atoms with Crippen LogP contribution in [0.4, 0.5) is 0 Å². The molecule has 1 heterocycles. The van der Waals surface area contributed by atoms with Crippen molar-refractivity contribution in [3.05, 3.63) is 29.8 Å². The van der Waals surface area contributed by atoms with E-state index in [9.17, 15) is 5.11 Å². The highest BCUT2D eigenvalue weighted by Gasteiger charge is 2.49. The third-order valence-corrected chi connectivity index (χ3v) is 5.43. The standard InChI is InChI=1S/C20H31NO2/c1-15-5-7-18(8-6-15)23-12-17(22)11-21-14-20(4)10-16(21)9-19(2,3)13-20/h5-8,16-17,22H,9-14H2,1-4H3/t16-,17-,20+/m1/s1. The SMILES string of the molecule is Cc1ccc(OC[C@H](O)CN2C[C@@]3(C)C[C@H]2CC(C)(C)C3)cc1. The Morgan fingerprint density at radius 3 is 2.61 bits per heavy atom. The first-order chi connectivity index (χ1) is 10.7. The highest BCUT2D eigenvalue weighted by molar-refractivity contribution is 5.26. The summed E-state index contributed by atoms with van der Waals surface area (Å²) in [5, 5.41) is 10.4. The van der Waals surface area contributed by atoms with Crippen LogP contribution >= 0.6 is 0 Å². The number of aliphatic hydroxyl groups is 1. The Kier molecular flexibility index (Phi) is 4.45. The molecule has 2 bridgehead atoms. The molecule has 0 amide bonds. The van der Waals surface area contributed by atoms with Crippen molar-refractivity contribution in [3.63, 3.8) is 0 Å². The van der Waals surface area contributed by atoms with Gasteiger partial charge in [-0.25, -0.2) is 0 Å². The second-order valence-corrected chi connectivity index (χ2v) is 8.92. The van der Waals surface area contributed by atoms with E-state index in [1.807, 2.05) is 24.3 Å². The molecule has 2 fully saturated rings. The van der Waals surface area contributed by atoms with Crippen molar-refractivity contribution < 1.29 is 9.84 Å². The molecule has 0 spiro atoms. The Morgan fingerprint density at radius 1 is 1.22 bits per heavy atom. The number of hydrogen-bond donors (Lipinski definition) is 1. The summed E-state index contributed by atoms with van der Waals surface area (Å²) >= 11 is 0. The van der Waals surface area contributed by atoms with Crippen molar-refractivity contribution in [2.75, 3.05) is 19.7 Å². The summed E-state index contributed by atoms with van der Waals surface area (Å²) in [5.74, 6) is 0.836. The number of ether oxygens (including phenoxy) is 1. The van der Waals surface area contributed by atoms with Crippen LogP contribution in [-0.2, 0) is 0 Å². The first-order valence-corrected chi connectivity index (χ1v) is 8.86. The highest BCUT2D eigenvalue weighted by atomic mass is 16.5. The molecule has 1 saturated carbocycles. The van der Waals surface area contributed by atoms with Gasteiger partial charge in [0, 0.05) is 19.1 Å². The molecule has 3 atom stereocenters. The molecule has 1 aliphatic heterocycles. The van der Waals surface area contributed by atoms with Gasteiger partial charge in [0.05, 0.1) is 0 Å². The van der Waals surface area contributed by atoms with Crippen molar-refractivity contribution in [2.24, 2.45) is 10.8 Å². The van der Waals surface area contributed by atoms with Gasteiger partial charge in [0.15, 0.2) is 0 Å². The second kappa shape index (κ2) is 6.10. The molecule has 1 aromatic rings. The van der Waals surface area contributed by atoms with E-state index in [0.717, 1.165) is 18.8 Å². The Morgan fingerprint density at radius 2 is 1.91 bits per heavy atom. The normalized spacial score (nSPS) is 31.1. The number of benzene rings is 1. The minimum absolute atomic E-state index is 0.367. The molecular weight excluding hydrogens is 286 g/mol. The van der Waals surface area contributed by atoms with Gasteiger partial charge >= 0.3 is 0 Å². The van der Waals surface area contributed by atoms with Gasteiger partial charge in [-0.1, -0.05) is 38.5 Å². The quantitative estimate of drug-likeness (QED) is 0.900. The molecule has 3 nitrogen and oxygen atoms in total. The predicted molar refractivity (Wildman–Crippen MR) is 93.8 cm³/mol. The Bertz CT molecular complexity index is 539. The Labute approximate surface area is 140 Å². The summed E-state index contributed by atoms with van der Waals surface area (Å²) in [6.07, 6.45) is 3.39. The van der Waals surface area contributed by atoms with Crippen molar-refractivity contribution in [1.82, 2.24) is 4.90 Å². The smallest absolute Gasteiger partial charge is 0.119 e. The molecule has 3 heteroatoms. The van der Waals surface area contributed by atoms with Gasteiger partial charge in [0.2, 0.25) is 0 Å². The lowest BCUT2D eigenvalue weighted by atomic mass is 9.65. The van der Waals surface area contributed by atoms with Crippen LogP contribution in [0.1, 0.15) is 45.6 Å². The number of likely N-dealkylation sites (tertiary alicyclic amines) is 1. The van der Waals surface area contributed by atoms with Crippen LogP contribution in [0.2, 0.25) is 0 Å². The summed E-state index contributed by atoms with van der Waals surface area (Å²) in [6.45, 7) is 11.5. The molecule has 1 saturated heterocycles. The zero-order chi connectivity index (χ0) is 16.7. The lowest BCUT2D eigenvalue weighted by Gasteiger charge is -2.40. The van der Waals surface area contributed by atoms with E-state index >= 15 is 0 Å². The zero-order valence-corrected chi connectivity index (χ0v) is 15.0. The fourth-order valence-electron chi connectivity index (χ4n) is 4.94. The zero-order valence-electron chi connectivity index (χ0n) is 15.0. The molecule has 1 aliphatic carbocycles. The number of hydrogen-bond acceptors (Lipinski definition) is 3.